The highest BCUT2D eigenvalue weighted by molar-refractivity contribution is 6.19. The van der Waals surface area contributed by atoms with E-state index >= 15 is 0 Å². The fourth-order valence-electron chi connectivity index (χ4n) is 8.06. The Morgan fingerprint density at radius 3 is 1.52 bits per heavy atom. The molecule has 10 aromatic rings. The summed E-state index contributed by atoms with van der Waals surface area (Å²) in [5, 5.41) is 7.38. The number of anilines is 3. The van der Waals surface area contributed by atoms with E-state index in [2.05, 4.69) is 216 Å². The standard InChI is InChI=1S/C50H34N2/c1-3-15-37(16-4-1)43-25-14-30-48-49(43)45-27-13-26-44(50(45)52(48)39-21-5-2-6-22-39)38-31-33-40(34-32-38)51(46-28-11-19-35-17-7-9-23-41(35)46)47-29-12-20-36-18-8-10-24-42(36)47/h1-34H. The Morgan fingerprint density at radius 2 is 0.846 bits per heavy atom. The molecule has 0 aliphatic carbocycles. The summed E-state index contributed by atoms with van der Waals surface area (Å²) in [7, 11) is 0. The molecule has 2 nitrogen and oxygen atoms in total. The van der Waals surface area contributed by atoms with Crippen molar-refractivity contribution in [1.29, 1.82) is 0 Å². The maximum Gasteiger partial charge on any atom is 0.0619 e. The van der Waals surface area contributed by atoms with Crippen LogP contribution in [0.25, 0.3) is 71.3 Å². The summed E-state index contributed by atoms with van der Waals surface area (Å²) in [5.41, 5.74) is 11.8. The molecule has 244 valence electrons. The summed E-state index contributed by atoms with van der Waals surface area (Å²) in [5.74, 6) is 0. The number of hydrogen-bond acceptors (Lipinski definition) is 1. The normalized spacial score (nSPS) is 11.5. The minimum Gasteiger partial charge on any atom is -0.309 e. The number of nitrogens with zero attached hydrogens (tertiary/aromatic N) is 2. The topological polar surface area (TPSA) is 8.17 Å². The lowest BCUT2D eigenvalue weighted by Gasteiger charge is -2.28. The highest BCUT2D eigenvalue weighted by Crippen LogP contribution is 2.45. The van der Waals surface area contributed by atoms with Crippen LogP contribution in [0, 0.1) is 0 Å². The quantitative estimate of drug-likeness (QED) is 0.172. The first-order valence-electron chi connectivity index (χ1n) is 17.9. The SMILES string of the molecule is c1ccc(-c2cccc3c2c2cccc(-c4ccc(N(c5cccc6ccccc56)c5cccc6ccccc56)cc4)c2n3-c2ccccc2)cc1. The van der Waals surface area contributed by atoms with Gasteiger partial charge in [-0.05, 0) is 69.9 Å². The van der Waals surface area contributed by atoms with Crippen LogP contribution in [-0.2, 0) is 0 Å². The van der Waals surface area contributed by atoms with Crippen molar-refractivity contribution in [2.24, 2.45) is 0 Å². The van der Waals surface area contributed by atoms with Crippen molar-refractivity contribution in [3.05, 3.63) is 206 Å². The second-order valence-corrected chi connectivity index (χ2v) is 13.3. The zero-order valence-corrected chi connectivity index (χ0v) is 28.5. The molecule has 0 fully saturated rings. The van der Waals surface area contributed by atoms with E-state index in [0.29, 0.717) is 0 Å². The van der Waals surface area contributed by atoms with Gasteiger partial charge >= 0.3 is 0 Å². The monoisotopic (exact) mass is 662 g/mol. The van der Waals surface area contributed by atoms with Gasteiger partial charge in [0.15, 0.2) is 0 Å². The Bertz CT molecular complexity index is 2800. The molecule has 1 aromatic heterocycles. The van der Waals surface area contributed by atoms with Gasteiger partial charge in [0.25, 0.3) is 0 Å². The van der Waals surface area contributed by atoms with E-state index in [0.717, 1.165) is 22.7 Å². The van der Waals surface area contributed by atoms with Crippen molar-refractivity contribution >= 4 is 60.4 Å². The fourth-order valence-corrected chi connectivity index (χ4v) is 8.06. The van der Waals surface area contributed by atoms with E-state index < -0.39 is 0 Å². The van der Waals surface area contributed by atoms with Crippen molar-refractivity contribution in [1.82, 2.24) is 4.57 Å². The zero-order chi connectivity index (χ0) is 34.4. The van der Waals surface area contributed by atoms with Crippen LogP contribution in [0.2, 0.25) is 0 Å². The molecule has 0 aliphatic rings. The summed E-state index contributed by atoms with van der Waals surface area (Å²) in [6.45, 7) is 0. The van der Waals surface area contributed by atoms with Gasteiger partial charge < -0.3 is 9.47 Å². The van der Waals surface area contributed by atoms with Crippen molar-refractivity contribution in [2.45, 2.75) is 0 Å². The molecule has 9 aromatic carbocycles. The maximum absolute atomic E-state index is 2.44. The summed E-state index contributed by atoms with van der Waals surface area (Å²) >= 11 is 0. The molecule has 0 aliphatic heterocycles. The minimum absolute atomic E-state index is 1.11. The first kappa shape index (κ1) is 30.0. The number of benzene rings is 9. The fraction of sp³-hybridized carbons (Fsp3) is 0. The summed E-state index contributed by atoms with van der Waals surface area (Å²) in [4.78, 5) is 2.42. The van der Waals surface area contributed by atoms with Gasteiger partial charge in [0, 0.05) is 38.5 Å². The highest BCUT2D eigenvalue weighted by Gasteiger charge is 2.21. The first-order valence-corrected chi connectivity index (χ1v) is 17.9. The molecule has 52 heavy (non-hydrogen) atoms. The molecule has 0 unspecified atom stereocenters. The molecule has 0 bridgehead atoms. The molecule has 0 radical (unpaired) electrons. The van der Waals surface area contributed by atoms with Gasteiger partial charge in [0.05, 0.1) is 22.4 Å². The van der Waals surface area contributed by atoms with E-state index in [1.165, 1.54) is 65.6 Å². The smallest absolute Gasteiger partial charge is 0.0619 e. The summed E-state index contributed by atoms with van der Waals surface area (Å²) in [6.07, 6.45) is 0. The Balaban J connectivity index is 1.20. The number of rotatable bonds is 6. The molecule has 10 rings (SSSR count). The molecule has 0 amide bonds. The van der Waals surface area contributed by atoms with Gasteiger partial charge in [-0.15, -0.1) is 0 Å². The molecule has 2 heteroatoms. The zero-order valence-electron chi connectivity index (χ0n) is 28.5. The van der Waals surface area contributed by atoms with Gasteiger partial charge in [-0.1, -0.05) is 164 Å². The molecule has 0 saturated heterocycles. The average Bonchev–Trinajstić information content (AvgIpc) is 3.57. The maximum atomic E-state index is 2.44. The predicted octanol–water partition coefficient (Wildman–Crippen LogP) is 13.9. The number of aromatic nitrogens is 1. The Kier molecular flexibility index (Phi) is 7.18. The van der Waals surface area contributed by atoms with Gasteiger partial charge in [0.1, 0.15) is 0 Å². The van der Waals surface area contributed by atoms with Crippen LogP contribution < -0.4 is 4.90 Å². The first-order chi connectivity index (χ1) is 25.8. The molecule has 0 saturated carbocycles. The largest absolute Gasteiger partial charge is 0.309 e. The lowest BCUT2D eigenvalue weighted by molar-refractivity contribution is 1.18. The average molecular weight is 663 g/mol. The van der Waals surface area contributed by atoms with E-state index in [-0.39, 0.29) is 0 Å². The van der Waals surface area contributed by atoms with Crippen molar-refractivity contribution in [2.75, 3.05) is 4.90 Å². The molecule has 0 atom stereocenters. The Hall–Kier alpha value is -6.90. The van der Waals surface area contributed by atoms with Gasteiger partial charge in [0.2, 0.25) is 0 Å². The second-order valence-electron chi connectivity index (χ2n) is 13.3. The van der Waals surface area contributed by atoms with Crippen molar-refractivity contribution in [3.8, 4) is 27.9 Å². The number of hydrogen-bond donors (Lipinski definition) is 0. The van der Waals surface area contributed by atoms with Crippen LogP contribution in [0.4, 0.5) is 17.1 Å². The van der Waals surface area contributed by atoms with Crippen LogP contribution in [0.1, 0.15) is 0 Å². The van der Waals surface area contributed by atoms with E-state index in [4.69, 9.17) is 0 Å². The van der Waals surface area contributed by atoms with E-state index in [1.807, 2.05) is 0 Å². The third-order valence-corrected chi connectivity index (χ3v) is 10.4. The third kappa shape index (κ3) is 4.88. The minimum atomic E-state index is 1.11. The molecule has 1 heterocycles. The van der Waals surface area contributed by atoms with Crippen LogP contribution in [0.15, 0.2) is 206 Å². The van der Waals surface area contributed by atoms with Crippen LogP contribution in [0.5, 0.6) is 0 Å². The number of fused-ring (bicyclic) bond motifs is 5. The lowest BCUT2D eigenvalue weighted by Crippen LogP contribution is -2.11. The molecular weight excluding hydrogens is 629 g/mol. The summed E-state index contributed by atoms with van der Waals surface area (Å²) < 4.78 is 2.44. The highest BCUT2D eigenvalue weighted by atomic mass is 15.1. The van der Waals surface area contributed by atoms with Gasteiger partial charge in [-0.25, -0.2) is 0 Å². The van der Waals surface area contributed by atoms with Gasteiger partial charge in [-0.3, -0.25) is 0 Å². The Labute approximate surface area is 303 Å². The second kappa shape index (κ2) is 12.5. The molecule has 0 spiro atoms. The van der Waals surface area contributed by atoms with Crippen molar-refractivity contribution < 1.29 is 0 Å². The lowest BCUT2D eigenvalue weighted by atomic mass is 9.97. The summed E-state index contributed by atoms with van der Waals surface area (Å²) in [6, 6.07) is 74.6. The molecule has 0 N–H and O–H groups in total. The van der Waals surface area contributed by atoms with Crippen LogP contribution in [0.3, 0.4) is 0 Å². The molecular formula is C50H34N2. The Morgan fingerprint density at radius 1 is 0.346 bits per heavy atom. The predicted molar refractivity (Wildman–Crippen MR) is 221 cm³/mol. The van der Waals surface area contributed by atoms with Crippen LogP contribution in [-0.4, -0.2) is 4.57 Å². The van der Waals surface area contributed by atoms with E-state index in [9.17, 15) is 0 Å². The van der Waals surface area contributed by atoms with Crippen molar-refractivity contribution in [3.63, 3.8) is 0 Å². The van der Waals surface area contributed by atoms with Crippen LogP contribution >= 0.6 is 0 Å². The third-order valence-electron chi connectivity index (χ3n) is 10.4. The van der Waals surface area contributed by atoms with E-state index in [1.54, 1.807) is 0 Å². The van der Waals surface area contributed by atoms with Gasteiger partial charge in [-0.2, -0.15) is 0 Å². The number of para-hydroxylation sites is 2.